The third-order valence-electron chi connectivity index (χ3n) is 10.0. The smallest absolute Gasteiger partial charge is 0.243 e. The molecule has 1 aliphatic carbocycles. The molecule has 0 amide bonds. The van der Waals surface area contributed by atoms with E-state index >= 15 is 0 Å². The summed E-state index contributed by atoms with van der Waals surface area (Å²) in [5, 5.41) is 0. The summed E-state index contributed by atoms with van der Waals surface area (Å²) in [6.45, 7) is 14.8. The number of sulfonamides is 1. The fraction of sp³-hybridized carbons (Fsp3) is 0.543. The maximum atomic E-state index is 13.9. The number of nitrogens with zero attached hydrogens (tertiary/aromatic N) is 6. The first-order valence-corrected chi connectivity index (χ1v) is 17.7. The molecule has 3 fully saturated rings. The maximum absolute atomic E-state index is 13.9. The van der Waals surface area contributed by atoms with Crippen molar-refractivity contribution in [3.05, 3.63) is 72.3 Å². The largest absolute Gasteiger partial charge is 0.497 e. The van der Waals surface area contributed by atoms with Crippen LogP contribution in [0.4, 0.5) is 5.69 Å². The van der Waals surface area contributed by atoms with Crippen LogP contribution in [-0.2, 0) is 10.0 Å². The number of benzene rings is 1. The zero-order valence-electron chi connectivity index (χ0n) is 27.7. The van der Waals surface area contributed by atoms with Gasteiger partial charge in [0.05, 0.1) is 12.0 Å². The Morgan fingerprint density at radius 2 is 1.67 bits per heavy atom. The Hall–Kier alpha value is -3.37. The monoisotopic (exact) mass is 634 g/mol. The normalized spacial score (nSPS) is 19.2. The molecule has 3 heterocycles. The number of aryl methyl sites for hydroxylation is 2. The number of anilines is 1. The molecule has 1 spiro atoms. The lowest BCUT2D eigenvalue weighted by molar-refractivity contribution is 0.114. The molecule has 0 N–H and O–H groups in total. The zero-order valence-corrected chi connectivity index (χ0v) is 28.5. The van der Waals surface area contributed by atoms with E-state index in [0.29, 0.717) is 29.1 Å². The maximum Gasteiger partial charge on any atom is 0.243 e. The van der Waals surface area contributed by atoms with Crippen LogP contribution in [0, 0.1) is 19.3 Å². The molecule has 9 nitrogen and oxygen atoms in total. The number of aliphatic imine (C=N–C) groups is 1. The van der Waals surface area contributed by atoms with Crippen molar-refractivity contribution >= 4 is 21.5 Å². The van der Waals surface area contributed by atoms with E-state index in [4.69, 9.17) is 4.74 Å². The van der Waals surface area contributed by atoms with Gasteiger partial charge in [-0.25, -0.2) is 13.4 Å². The molecule has 0 radical (unpaired) electrons. The van der Waals surface area contributed by atoms with E-state index in [1.165, 1.54) is 18.5 Å². The molecule has 2 saturated heterocycles. The quantitative estimate of drug-likeness (QED) is 0.235. The predicted octanol–water partition coefficient (Wildman–Crippen LogP) is 5.62. The van der Waals surface area contributed by atoms with Crippen molar-refractivity contribution in [3.8, 4) is 5.75 Å². The van der Waals surface area contributed by atoms with Gasteiger partial charge in [-0.1, -0.05) is 6.58 Å². The van der Waals surface area contributed by atoms with Crippen molar-refractivity contribution in [2.75, 3.05) is 58.3 Å². The van der Waals surface area contributed by atoms with E-state index in [-0.39, 0.29) is 6.04 Å². The van der Waals surface area contributed by atoms with Crippen molar-refractivity contribution < 1.29 is 13.2 Å². The third-order valence-corrected chi connectivity index (χ3v) is 12.3. The van der Waals surface area contributed by atoms with Gasteiger partial charge < -0.3 is 19.4 Å². The Labute approximate surface area is 270 Å². The lowest BCUT2D eigenvalue weighted by Gasteiger charge is -2.47. The van der Waals surface area contributed by atoms with Crippen molar-refractivity contribution in [1.29, 1.82) is 0 Å². The Morgan fingerprint density at radius 1 is 1.07 bits per heavy atom. The summed E-state index contributed by atoms with van der Waals surface area (Å²) in [7, 11) is -0.0148. The second-order valence-electron chi connectivity index (χ2n) is 13.0. The zero-order chi connectivity index (χ0) is 32.2. The van der Waals surface area contributed by atoms with Gasteiger partial charge in [0.2, 0.25) is 10.0 Å². The van der Waals surface area contributed by atoms with Gasteiger partial charge in [-0.05, 0) is 106 Å². The number of likely N-dealkylation sites (tertiary alicyclic amines) is 1. The molecule has 0 unspecified atom stereocenters. The van der Waals surface area contributed by atoms with Crippen LogP contribution in [0.25, 0.3) is 0 Å². The molecular weight excluding hydrogens is 584 g/mol. The Balaban J connectivity index is 1.20. The molecule has 3 aliphatic rings. The standard InChI is InChI=1S/C35H50N6O3S/c1-7-37-33(40-20-14-35(15-21-40)12-18-39(19-13-35)30-10-16-36-17-11-30)26-29(4)38(5)22-23-41(31-8-9-31)45(42,43)34-27(2)24-32(44-6)25-28(34)3/h7,10-11,16-17,24-26,31H,1,8-9,12-15,18-23H2,2-6H3/b29-26+,37-33?. The summed E-state index contributed by atoms with van der Waals surface area (Å²) in [5.41, 5.74) is 4.15. The lowest BCUT2D eigenvalue weighted by Crippen LogP contribution is -2.48. The van der Waals surface area contributed by atoms with E-state index in [1.54, 1.807) is 29.7 Å². The molecule has 1 aromatic carbocycles. The van der Waals surface area contributed by atoms with Crippen LogP contribution in [0.15, 0.2) is 71.1 Å². The van der Waals surface area contributed by atoms with Crippen molar-refractivity contribution in [1.82, 2.24) is 19.1 Å². The molecule has 1 aromatic heterocycles. The minimum atomic E-state index is -3.65. The Morgan fingerprint density at radius 3 is 2.22 bits per heavy atom. The van der Waals surface area contributed by atoms with E-state index in [9.17, 15) is 8.42 Å². The van der Waals surface area contributed by atoms with Gasteiger partial charge in [-0.15, -0.1) is 0 Å². The number of allylic oxidation sites excluding steroid dienone is 1. The van der Waals surface area contributed by atoms with Gasteiger partial charge in [0.1, 0.15) is 11.6 Å². The van der Waals surface area contributed by atoms with Gasteiger partial charge >= 0.3 is 0 Å². The van der Waals surface area contributed by atoms with Crippen LogP contribution in [0.5, 0.6) is 5.75 Å². The molecule has 45 heavy (non-hydrogen) atoms. The van der Waals surface area contributed by atoms with Crippen molar-refractivity contribution in [3.63, 3.8) is 0 Å². The van der Waals surface area contributed by atoms with Gasteiger partial charge in [-0.3, -0.25) is 4.98 Å². The Kier molecular flexibility index (Phi) is 10.2. The number of hydrogen-bond donors (Lipinski definition) is 0. The minimum Gasteiger partial charge on any atom is -0.497 e. The molecule has 0 atom stereocenters. The van der Waals surface area contributed by atoms with Gasteiger partial charge in [-0.2, -0.15) is 4.31 Å². The molecule has 2 aromatic rings. The number of hydrogen-bond acceptors (Lipinski definition) is 7. The number of rotatable bonds is 11. The second-order valence-corrected chi connectivity index (χ2v) is 14.8. The molecule has 0 bridgehead atoms. The number of ether oxygens (including phenoxy) is 1. The first kappa shape index (κ1) is 33.0. The summed E-state index contributed by atoms with van der Waals surface area (Å²) in [5.74, 6) is 1.60. The van der Waals surface area contributed by atoms with Crippen LogP contribution in [-0.4, -0.2) is 92.8 Å². The average Bonchev–Trinajstić information content (AvgIpc) is 3.86. The number of pyridine rings is 1. The van der Waals surface area contributed by atoms with Crippen LogP contribution in [0.2, 0.25) is 0 Å². The fourth-order valence-electron chi connectivity index (χ4n) is 6.94. The molecule has 2 aliphatic heterocycles. The molecule has 244 valence electrons. The van der Waals surface area contributed by atoms with E-state index in [0.717, 1.165) is 74.5 Å². The number of piperidine rings is 2. The number of amidine groups is 1. The summed E-state index contributed by atoms with van der Waals surface area (Å²) >= 11 is 0. The Bertz CT molecular complexity index is 1480. The fourth-order valence-corrected chi connectivity index (χ4v) is 9.04. The number of methoxy groups -OCH3 is 1. The molecule has 1 saturated carbocycles. The van der Waals surface area contributed by atoms with Crippen LogP contribution in [0.3, 0.4) is 0 Å². The highest BCUT2D eigenvalue weighted by Crippen LogP contribution is 2.42. The molecular formula is C35H50N6O3S. The van der Waals surface area contributed by atoms with Gasteiger partial charge in [0, 0.05) is 82.3 Å². The van der Waals surface area contributed by atoms with Crippen LogP contribution < -0.4 is 9.64 Å². The summed E-state index contributed by atoms with van der Waals surface area (Å²) in [6.07, 6.45) is 14.1. The van der Waals surface area contributed by atoms with Crippen LogP contribution in [0.1, 0.15) is 56.6 Å². The highest BCUT2D eigenvalue weighted by atomic mass is 32.2. The van der Waals surface area contributed by atoms with Gasteiger partial charge in [0.25, 0.3) is 0 Å². The summed E-state index contributed by atoms with van der Waals surface area (Å²) in [6, 6.07) is 7.88. The van der Waals surface area contributed by atoms with E-state index in [2.05, 4.69) is 56.4 Å². The van der Waals surface area contributed by atoms with Crippen molar-refractivity contribution in [2.45, 2.75) is 70.2 Å². The van der Waals surface area contributed by atoms with E-state index < -0.39 is 10.0 Å². The predicted molar refractivity (Wildman–Crippen MR) is 182 cm³/mol. The first-order valence-electron chi connectivity index (χ1n) is 16.2. The first-order chi connectivity index (χ1) is 21.6. The third kappa shape index (κ3) is 7.55. The van der Waals surface area contributed by atoms with E-state index in [1.807, 2.05) is 33.3 Å². The van der Waals surface area contributed by atoms with Crippen LogP contribution >= 0.6 is 0 Å². The average molecular weight is 635 g/mol. The van der Waals surface area contributed by atoms with Crippen molar-refractivity contribution in [2.24, 2.45) is 10.4 Å². The summed E-state index contributed by atoms with van der Waals surface area (Å²) < 4.78 is 34.9. The summed E-state index contributed by atoms with van der Waals surface area (Å²) in [4.78, 5) is 16.2. The molecule has 10 heteroatoms. The second kappa shape index (κ2) is 14.0. The highest BCUT2D eigenvalue weighted by Gasteiger charge is 2.40. The van der Waals surface area contributed by atoms with Gasteiger partial charge in [0.15, 0.2) is 0 Å². The number of aromatic nitrogens is 1. The SMILES string of the molecule is C=CN=C(/C=C(\C)N(C)CCN(C1CC1)S(=O)(=O)c1c(C)cc(OC)cc1C)N1CCC2(CC1)CCN(c1ccncc1)CC2. The number of likely N-dealkylation sites (N-methyl/N-ethyl adjacent to an activating group) is 1. The topological polar surface area (TPSA) is 81.6 Å². The minimum absolute atomic E-state index is 0.0590. The lowest BCUT2D eigenvalue weighted by atomic mass is 9.71. The highest BCUT2D eigenvalue weighted by molar-refractivity contribution is 7.89. The molecule has 5 rings (SSSR count).